The van der Waals surface area contributed by atoms with Gasteiger partial charge in [0.15, 0.2) is 5.13 Å². The SMILES string of the molecule is CCOc1ccc2nc(NC(=O)c3cc(-c4ccc(C)cc4)nc4ccccc34)sc2c1. The molecule has 0 saturated heterocycles. The van der Waals surface area contributed by atoms with Crippen LogP contribution in [0.25, 0.3) is 32.4 Å². The van der Waals surface area contributed by atoms with E-state index in [2.05, 4.69) is 10.3 Å². The highest BCUT2D eigenvalue weighted by Gasteiger charge is 2.16. The number of thiazole rings is 1. The number of hydrogen-bond donors (Lipinski definition) is 1. The van der Waals surface area contributed by atoms with Crippen LogP contribution >= 0.6 is 11.3 Å². The maximum atomic E-state index is 13.3. The summed E-state index contributed by atoms with van der Waals surface area (Å²) in [6.45, 7) is 4.60. The smallest absolute Gasteiger partial charge is 0.258 e. The summed E-state index contributed by atoms with van der Waals surface area (Å²) >= 11 is 1.43. The van der Waals surface area contributed by atoms with Crippen molar-refractivity contribution in [2.75, 3.05) is 11.9 Å². The molecule has 0 unspecified atom stereocenters. The second-order valence-electron chi connectivity index (χ2n) is 7.47. The van der Waals surface area contributed by atoms with Crippen LogP contribution < -0.4 is 10.1 Å². The fourth-order valence-electron chi connectivity index (χ4n) is 3.61. The number of rotatable bonds is 5. The van der Waals surface area contributed by atoms with Gasteiger partial charge in [0, 0.05) is 10.9 Å². The van der Waals surface area contributed by atoms with Crippen LogP contribution in [0.1, 0.15) is 22.8 Å². The van der Waals surface area contributed by atoms with E-state index >= 15 is 0 Å². The van der Waals surface area contributed by atoms with Gasteiger partial charge in [-0.25, -0.2) is 9.97 Å². The Morgan fingerprint density at radius 3 is 2.59 bits per heavy atom. The fraction of sp³-hybridized carbons (Fsp3) is 0.115. The number of para-hydroxylation sites is 1. The van der Waals surface area contributed by atoms with Gasteiger partial charge in [-0.3, -0.25) is 10.1 Å². The van der Waals surface area contributed by atoms with Gasteiger partial charge in [-0.2, -0.15) is 0 Å². The van der Waals surface area contributed by atoms with E-state index in [1.54, 1.807) is 0 Å². The molecule has 32 heavy (non-hydrogen) atoms. The molecule has 0 aliphatic carbocycles. The van der Waals surface area contributed by atoms with Crippen LogP contribution in [0.5, 0.6) is 5.75 Å². The second-order valence-corrected chi connectivity index (χ2v) is 8.50. The Balaban J connectivity index is 1.52. The summed E-state index contributed by atoms with van der Waals surface area (Å²) in [5, 5.41) is 4.34. The minimum Gasteiger partial charge on any atom is -0.494 e. The van der Waals surface area contributed by atoms with Crippen molar-refractivity contribution in [3.05, 3.63) is 83.9 Å². The monoisotopic (exact) mass is 439 g/mol. The molecular formula is C26H21N3O2S. The van der Waals surface area contributed by atoms with E-state index in [1.807, 2.05) is 86.6 Å². The number of nitrogens with one attached hydrogen (secondary N) is 1. The molecule has 2 aromatic heterocycles. The number of nitrogens with zero attached hydrogens (tertiary/aromatic N) is 2. The number of hydrogen-bond acceptors (Lipinski definition) is 5. The Morgan fingerprint density at radius 2 is 1.78 bits per heavy atom. The van der Waals surface area contributed by atoms with Crippen LogP contribution in [0.15, 0.2) is 72.8 Å². The van der Waals surface area contributed by atoms with Crippen LogP contribution in [0.3, 0.4) is 0 Å². The van der Waals surface area contributed by atoms with Crippen LogP contribution in [-0.4, -0.2) is 22.5 Å². The molecule has 2 heterocycles. The molecule has 5 rings (SSSR count). The maximum absolute atomic E-state index is 13.3. The first-order chi connectivity index (χ1) is 15.6. The summed E-state index contributed by atoms with van der Waals surface area (Å²) in [6, 6.07) is 23.4. The summed E-state index contributed by atoms with van der Waals surface area (Å²) in [7, 11) is 0. The van der Waals surface area contributed by atoms with Crippen LogP contribution in [0, 0.1) is 6.92 Å². The van der Waals surface area contributed by atoms with Crippen molar-refractivity contribution in [2.24, 2.45) is 0 Å². The zero-order valence-corrected chi connectivity index (χ0v) is 18.6. The van der Waals surface area contributed by atoms with Crippen molar-refractivity contribution >= 4 is 43.5 Å². The first-order valence-corrected chi connectivity index (χ1v) is 11.2. The molecule has 5 aromatic rings. The average Bonchev–Trinajstić information content (AvgIpc) is 3.20. The molecule has 0 spiro atoms. The van der Waals surface area contributed by atoms with Gasteiger partial charge in [0.05, 0.1) is 33.6 Å². The number of pyridine rings is 1. The lowest BCUT2D eigenvalue weighted by Gasteiger charge is -2.10. The highest BCUT2D eigenvalue weighted by Crippen LogP contribution is 2.31. The Kier molecular flexibility index (Phi) is 5.29. The normalized spacial score (nSPS) is 11.1. The second kappa shape index (κ2) is 8.40. The first kappa shape index (κ1) is 20.2. The van der Waals surface area contributed by atoms with Crippen molar-refractivity contribution in [1.29, 1.82) is 0 Å². The highest BCUT2D eigenvalue weighted by atomic mass is 32.1. The zero-order chi connectivity index (χ0) is 22.1. The lowest BCUT2D eigenvalue weighted by molar-refractivity contribution is 0.102. The molecule has 0 aliphatic heterocycles. The van der Waals surface area contributed by atoms with Crippen molar-refractivity contribution in [1.82, 2.24) is 9.97 Å². The predicted molar refractivity (Wildman–Crippen MR) is 131 cm³/mol. The third-order valence-corrected chi connectivity index (χ3v) is 6.13. The summed E-state index contributed by atoms with van der Waals surface area (Å²) in [4.78, 5) is 22.7. The molecule has 0 bridgehead atoms. The molecule has 158 valence electrons. The Morgan fingerprint density at radius 1 is 0.969 bits per heavy atom. The lowest BCUT2D eigenvalue weighted by Crippen LogP contribution is -2.13. The number of amides is 1. The van der Waals surface area contributed by atoms with Crippen molar-refractivity contribution in [3.8, 4) is 17.0 Å². The Bertz CT molecular complexity index is 1440. The van der Waals surface area contributed by atoms with E-state index in [4.69, 9.17) is 9.72 Å². The lowest BCUT2D eigenvalue weighted by atomic mass is 10.0. The minimum atomic E-state index is -0.207. The van der Waals surface area contributed by atoms with Crippen LogP contribution in [0.2, 0.25) is 0 Å². The minimum absolute atomic E-state index is 0.207. The van der Waals surface area contributed by atoms with E-state index in [0.717, 1.165) is 38.1 Å². The molecule has 1 amide bonds. The zero-order valence-electron chi connectivity index (χ0n) is 17.8. The molecule has 0 saturated carbocycles. The van der Waals surface area contributed by atoms with Crippen molar-refractivity contribution < 1.29 is 9.53 Å². The Hall–Kier alpha value is -3.77. The molecule has 0 radical (unpaired) electrons. The van der Waals surface area contributed by atoms with E-state index in [1.165, 1.54) is 16.9 Å². The van der Waals surface area contributed by atoms with Gasteiger partial charge in [-0.05, 0) is 44.2 Å². The first-order valence-electron chi connectivity index (χ1n) is 10.4. The predicted octanol–water partition coefficient (Wildman–Crippen LogP) is 6.47. The maximum Gasteiger partial charge on any atom is 0.258 e. The summed E-state index contributed by atoms with van der Waals surface area (Å²) in [6.07, 6.45) is 0. The molecule has 0 fully saturated rings. The van der Waals surface area contributed by atoms with Crippen LogP contribution in [0.4, 0.5) is 5.13 Å². The quantitative estimate of drug-likeness (QED) is 0.341. The van der Waals surface area contributed by atoms with E-state index in [-0.39, 0.29) is 5.91 Å². The third kappa shape index (κ3) is 3.92. The number of ether oxygens (including phenoxy) is 1. The molecule has 6 heteroatoms. The topological polar surface area (TPSA) is 64.1 Å². The van der Waals surface area contributed by atoms with E-state index in [0.29, 0.717) is 17.3 Å². The van der Waals surface area contributed by atoms with E-state index < -0.39 is 0 Å². The number of anilines is 1. The Labute approximate surface area is 189 Å². The molecule has 0 aliphatic rings. The van der Waals surface area contributed by atoms with Gasteiger partial charge in [-0.15, -0.1) is 0 Å². The standard InChI is InChI=1S/C26H21N3O2S/c1-3-31-18-12-13-22-24(14-18)32-26(28-22)29-25(30)20-15-23(17-10-8-16(2)9-11-17)27-21-7-5-4-6-19(20)21/h4-15H,3H2,1-2H3,(H,28,29,30). The van der Waals surface area contributed by atoms with Gasteiger partial charge in [0.2, 0.25) is 0 Å². The molecule has 0 atom stereocenters. The molecule has 3 aromatic carbocycles. The summed E-state index contributed by atoms with van der Waals surface area (Å²) < 4.78 is 6.53. The van der Waals surface area contributed by atoms with E-state index in [9.17, 15) is 4.79 Å². The summed E-state index contributed by atoms with van der Waals surface area (Å²) in [5.74, 6) is 0.588. The summed E-state index contributed by atoms with van der Waals surface area (Å²) in [5.41, 5.74) is 5.09. The molecular weight excluding hydrogens is 418 g/mol. The highest BCUT2D eigenvalue weighted by molar-refractivity contribution is 7.22. The largest absolute Gasteiger partial charge is 0.494 e. The van der Waals surface area contributed by atoms with Crippen LogP contribution in [-0.2, 0) is 0 Å². The molecule has 1 N–H and O–H groups in total. The van der Waals surface area contributed by atoms with Gasteiger partial charge in [0.25, 0.3) is 5.91 Å². The molecule has 5 nitrogen and oxygen atoms in total. The van der Waals surface area contributed by atoms with Crippen molar-refractivity contribution in [3.63, 3.8) is 0 Å². The van der Waals surface area contributed by atoms with Gasteiger partial charge >= 0.3 is 0 Å². The number of carbonyl (C=O) groups is 1. The fourth-order valence-corrected chi connectivity index (χ4v) is 4.50. The third-order valence-electron chi connectivity index (χ3n) is 5.20. The van der Waals surface area contributed by atoms with Crippen molar-refractivity contribution in [2.45, 2.75) is 13.8 Å². The average molecular weight is 440 g/mol. The van der Waals surface area contributed by atoms with Gasteiger partial charge < -0.3 is 4.74 Å². The number of benzene rings is 3. The number of fused-ring (bicyclic) bond motifs is 2. The number of aromatic nitrogens is 2. The number of aryl methyl sites for hydroxylation is 1. The van der Waals surface area contributed by atoms with Gasteiger partial charge in [0.1, 0.15) is 5.75 Å². The number of carbonyl (C=O) groups excluding carboxylic acids is 1. The van der Waals surface area contributed by atoms with Gasteiger partial charge in [-0.1, -0.05) is 59.4 Å².